The molecule has 2 aliphatic rings. The van der Waals surface area contributed by atoms with Crippen molar-refractivity contribution in [2.24, 2.45) is 0 Å². The van der Waals surface area contributed by atoms with E-state index in [1.165, 1.54) is 0 Å². The molecule has 1 aromatic carbocycles. The first-order valence-corrected chi connectivity index (χ1v) is 10.3. The summed E-state index contributed by atoms with van der Waals surface area (Å²) in [5, 5.41) is 2.73. The second kappa shape index (κ2) is 6.83. The van der Waals surface area contributed by atoms with Gasteiger partial charge in [0, 0.05) is 35.5 Å². The molecule has 2 aromatic rings. The third-order valence-corrected chi connectivity index (χ3v) is 6.41. The standard InChI is InChI=1S/C24H27N3O4/c1-14-11-18(15(2)31-14)24(5)21(29)27(22(30)25-24)13-16(28)12-20-23(3,4)17-9-7-8-10-19(17)26(20)6/h7-12H,13H2,1-6H3,(H,25,30)/b20-12-. The molecular formula is C24H27N3O4. The van der Waals surface area contributed by atoms with Crippen LogP contribution in [0.5, 0.6) is 0 Å². The number of nitrogens with zero attached hydrogens (tertiary/aromatic N) is 2. The quantitative estimate of drug-likeness (QED) is 0.603. The molecule has 0 radical (unpaired) electrons. The maximum Gasteiger partial charge on any atom is 0.325 e. The van der Waals surface area contributed by atoms with Crippen molar-refractivity contribution in [1.29, 1.82) is 0 Å². The van der Waals surface area contributed by atoms with Gasteiger partial charge in [0.15, 0.2) is 5.78 Å². The highest BCUT2D eigenvalue weighted by atomic mass is 16.3. The minimum atomic E-state index is -1.26. The van der Waals surface area contributed by atoms with Crippen LogP contribution in [0.2, 0.25) is 0 Å². The number of anilines is 1. The molecule has 162 valence electrons. The van der Waals surface area contributed by atoms with Crippen molar-refractivity contribution in [2.45, 2.75) is 45.6 Å². The number of rotatable bonds is 4. The van der Waals surface area contributed by atoms with E-state index >= 15 is 0 Å². The summed E-state index contributed by atoms with van der Waals surface area (Å²) in [6.07, 6.45) is 1.55. The van der Waals surface area contributed by atoms with Crippen LogP contribution < -0.4 is 10.2 Å². The number of nitrogens with one attached hydrogen (secondary N) is 1. The van der Waals surface area contributed by atoms with Crippen LogP contribution in [-0.4, -0.2) is 36.2 Å². The number of hydrogen-bond donors (Lipinski definition) is 1. The van der Waals surface area contributed by atoms with Gasteiger partial charge >= 0.3 is 6.03 Å². The van der Waals surface area contributed by atoms with Gasteiger partial charge < -0.3 is 14.6 Å². The normalized spacial score (nSPS) is 23.5. The van der Waals surface area contributed by atoms with Gasteiger partial charge in [0.05, 0.1) is 6.54 Å². The van der Waals surface area contributed by atoms with Gasteiger partial charge in [-0.3, -0.25) is 14.5 Å². The first kappa shape index (κ1) is 20.9. The molecule has 0 aliphatic carbocycles. The lowest BCUT2D eigenvalue weighted by Gasteiger charge is -2.24. The zero-order valence-electron chi connectivity index (χ0n) is 18.7. The second-order valence-corrected chi connectivity index (χ2v) is 8.97. The fourth-order valence-electron chi connectivity index (χ4n) is 4.76. The number of allylic oxidation sites excluding steroid dienone is 1. The van der Waals surface area contributed by atoms with Gasteiger partial charge in [-0.1, -0.05) is 32.0 Å². The molecule has 7 heteroatoms. The summed E-state index contributed by atoms with van der Waals surface area (Å²) in [5.74, 6) is 0.447. The number of fused-ring (bicyclic) bond motifs is 1. The fraction of sp³-hybridized carbons (Fsp3) is 0.375. The molecule has 1 atom stereocenters. The molecule has 2 aliphatic heterocycles. The average Bonchev–Trinajstić information content (AvgIpc) is 3.23. The third-order valence-electron chi connectivity index (χ3n) is 6.41. The molecule has 4 rings (SSSR count). The predicted octanol–water partition coefficient (Wildman–Crippen LogP) is 3.54. The monoisotopic (exact) mass is 421 g/mol. The van der Waals surface area contributed by atoms with Crippen LogP contribution in [0.3, 0.4) is 0 Å². The zero-order valence-corrected chi connectivity index (χ0v) is 18.7. The van der Waals surface area contributed by atoms with Gasteiger partial charge in [0.1, 0.15) is 17.1 Å². The molecule has 7 nitrogen and oxygen atoms in total. The van der Waals surface area contributed by atoms with E-state index in [2.05, 4.69) is 25.2 Å². The highest BCUT2D eigenvalue weighted by Crippen LogP contribution is 2.46. The van der Waals surface area contributed by atoms with Crippen molar-refractivity contribution in [3.8, 4) is 0 Å². The SMILES string of the molecule is Cc1cc(C2(C)NC(=O)N(CC(=O)/C=C3\N(C)c4ccccc4C3(C)C)C2=O)c(C)o1. The van der Waals surface area contributed by atoms with Crippen LogP contribution in [0.4, 0.5) is 10.5 Å². The lowest BCUT2D eigenvalue weighted by Crippen LogP contribution is -2.41. The topological polar surface area (TPSA) is 82.9 Å². The molecule has 0 saturated carbocycles. The number of aryl methyl sites for hydroxylation is 2. The van der Waals surface area contributed by atoms with Crippen molar-refractivity contribution in [3.63, 3.8) is 0 Å². The van der Waals surface area contributed by atoms with Crippen LogP contribution >= 0.6 is 0 Å². The molecule has 31 heavy (non-hydrogen) atoms. The lowest BCUT2D eigenvalue weighted by molar-refractivity contribution is -0.133. The Kier molecular flexibility index (Phi) is 4.61. The molecule has 1 N–H and O–H groups in total. The molecular weight excluding hydrogens is 394 g/mol. The summed E-state index contributed by atoms with van der Waals surface area (Å²) in [6.45, 7) is 8.97. The molecule has 0 spiro atoms. The Morgan fingerprint density at radius 3 is 2.42 bits per heavy atom. The van der Waals surface area contributed by atoms with E-state index in [0.717, 1.165) is 21.8 Å². The van der Waals surface area contributed by atoms with Gasteiger partial charge in [0.2, 0.25) is 0 Å². The van der Waals surface area contributed by atoms with Gasteiger partial charge in [-0.05, 0) is 38.5 Å². The Labute approximate surface area is 181 Å². The van der Waals surface area contributed by atoms with E-state index < -0.39 is 17.5 Å². The number of carbonyl (C=O) groups excluding carboxylic acids is 3. The number of ketones is 1. The average molecular weight is 421 g/mol. The zero-order chi connectivity index (χ0) is 22.7. The Morgan fingerprint density at radius 1 is 1.13 bits per heavy atom. The van der Waals surface area contributed by atoms with Crippen LogP contribution in [0.15, 0.2) is 46.5 Å². The number of amides is 3. The van der Waals surface area contributed by atoms with E-state index in [1.54, 1.807) is 32.9 Å². The van der Waals surface area contributed by atoms with Crippen molar-refractivity contribution < 1.29 is 18.8 Å². The maximum absolute atomic E-state index is 13.2. The molecule has 1 unspecified atom stereocenters. The summed E-state index contributed by atoms with van der Waals surface area (Å²) >= 11 is 0. The summed E-state index contributed by atoms with van der Waals surface area (Å²) in [5.41, 5.74) is 1.98. The predicted molar refractivity (Wildman–Crippen MR) is 117 cm³/mol. The maximum atomic E-state index is 13.2. The van der Waals surface area contributed by atoms with Gasteiger partial charge in [-0.25, -0.2) is 4.79 Å². The lowest BCUT2D eigenvalue weighted by atomic mass is 9.83. The van der Waals surface area contributed by atoms with Crippen molar-refractivity contribution >= 4 is 23.4 Å². The number of imide groups is 1. The van der Waals surface area contributed by atoms with Gasteiger partial charge in [-0.15, -0.1) is 0 Å². The van der Waals surface area contributed by atoms with Crippen LogP contribution in [0.1, 0.15) is 43.4 Å². The second-order valence-electron chi connectivity index (χ2n) is 8.97. The van der Waals surface area contributed by atoms with E-state index in [1.807, 2.05) is 30.1 Å². The van der Waals surface area contributed by atoms with Gasteiger partial charge in [0.25, 0.3) is 5.91 Å². The first-order chi connectivity index (χ1) is 14.5. The van der Waals surface area contributed by atoms with E-state index in [9.17, 15) is 14.4 Å². The number of furan rings is 1. The summed E-state index contributed by atoms with van der Waals surface area (Å²) in [7, 11) is 1.92. The van der Waals surface area contributed by atoms with E-state index in [0.29, 0.717) is 17.1 Å². The minimum absolute atomic E-state index is 0.310. The Bertz CT molecular complexity index is 1140. The molecule has 3 amide bonds. The van der Waals surface area contributed by atoms with Crippen LogP contribution in [-0.2, 0) is 20.5 Å². The highest BCUT2D eigenvalue weighted by Gasteiger charge is 2.51. The van der Waals surface area contributed by atoms with E-state index in [4.69, 9.17) is 4.42 Å². The van der Waals surface area contributed by atoms with Crippen molar-refractivity contribution in [2.75, 3.05) is 18.5 Å². The molecule has 1 saturated heterocycles. The number of carbonyl (C=O) groups is 3. The highest BCUT2D eigenvalue weighted by molar-refractivity contribution is 6.10. The van der Waals surface area contributed by atoms with E-state index in [-0.39, 0.29) is 17.7 Å². The number of urea groups is 1. The number of para-hydroxylation sites is 1. The summed E-state index contributed by atoms with van der Waals surface area (Å²) in [4.78, 5) is 41.7. The number of hydrogen-bond acceptors (Lipinski definition) is 5. The molecule has 1 aromatic heterocycles. The number of benzene rings is 1. The Hall–Kier alpha value is -3.35. The van der Waals surface area contributed by atoms with Crippen LogP contribution in [0.25, 0.3) is 0 Å². The minimum Gasteiger partial charge on any atom is -0.466 e. The van der Waals surface area contributed by atoms with Crippen LogP contribution in [0, 0.1) is 13.8 Å². The summed E-state index contributed by atoms with van der Waals surface area (Å²) < 4.78 is 5.54. The number of likely N-dealkylation sites (N-methyl/N-ethyl adjacent to an activating group) is 1. The Balaban J connectivity index is 1.59. The third kappa shape index (κ3) is 3.07. The Morgan fingerprint density at radius 2 is 1.81 bits per heavy atom. The van der Waals surface area contributed by atoms with Gasteiger partial charge in [-0.2, -0.15) is 0 Å². The first-order valence-electron chi connectivity index (χ1n) is 10.3. The summed E-state index contributed by atoms with van der Waals surface area (Å²) in [6, 6.07) is 9.17. The smallest absolute Gasteiger partial charge is 0.325 e. The van der Waals surface area contributed by atoms with Crippen molar-refractivity contribution in [1.82, 2.24) is 10.2 Å². The molecule has 0 bridgehead atoms. The molecule has 3 heterocycles. The van der Waals surface area contributed by atoms with Crippen molar-refractivity contribution in [3.05, 3.63) is 64.8 Å². The fourth-order valence-corrected chi connectivity index (χ4v) is 4.76. The largest absolute Gasteiger partial charge is 0.466 e. The molecule has 1 fully saturated rings.